The van der Waals surface area contributed by atoms with Gasteiger partial charge in [0.2, 0.25) is 0 Å². The van der Waals surface area contributed by atoms with Crippen molar-refractivity contribution in [2.24, 2.45) is 0 Å². The molecule has 2 aromatic heterocycles. The van der Waals surface area contributed by atoms with E-state index in [0.717, 1.165) is 36.1 Å². The number of alkyl carbamates (subject to hydrolysis) is 1. The quantitative estimate of drug-likeness (QED) is 0.580. The highest BCUT2D eigenvalue weighted by molar-refractivity contribution is 5.72. The normalized spacial score (nSPS) is 16.4. The highest BCUT2D eigenvalue weighted by Gasteiger charge is 2.26. The van der Waals surface area contributed by atoms with E-state index in [1.165, 1.54) is 7.11 Å². The number of hydrogen-bond acceptors (Lipinski definition) is 6. The van der Waals surface area contributed by atoms with Crippen molar-refractivity contribution in [3.8, 4) is 0 Å². The largest absolute Gasteiger partial charge is 0.469 e. The maximum Gasteiger partial charge on any atom is 0.407 e. The molecule has 3 rings (SSSR count). The monoisotopic (exact) mass is 373 g/mol. The Morgan fingerprint density at radius 1 is 1.15 bits per heavy atom. The van der Waals surface area contributed by atoms with Crippen molar-refractivity contribution < 1.29 is 27.9 Å². The first-order chi connectivity index (χ1) is 13.2. The van der Waals surface area contributed by atoms with Crippen LogP contribution < -0.4 is 5.32 Å². The van der Waals surface area contributed by atoms with Gasteiger partial charge < -0.3 is 23.6 Å². The number of nitrogens with one attached hydrogen (secondary N) is 1. The van der Waals surface area contributed by atoms with Crippen molar-refractivity contribution >= 4 is 24.2 Å². The standard InChI is InChI=1S/C20H23NO6/c1-24-18(22)5-3-2-4-10-21-20(23)27-17-13-15-9-11-25-16(15)7-6-14-8-12-26-19(14)17/h6-9,11-12,17H,2-5,10,13H2,1H3,(H,21,23)/b7-6-. The van der Waals surface area contributed by atoms with Crippen LogP contribution in [0.2, 0.25) is 0 Å². The van der Waals surface area contributed by atoms with Gasteiger partial charge in [-0.05, 0) is 37.1 Å². The number of ether oxygens (including phenoxy) is 2. The molecule has 0 fully saturated rings. The van der Waals surface area contributed by atoms with Crippen LogP contribution >= 0.6 is 0 Å². The second-order valence-electron chi connectivity index (χ2n) is 6.30. The van der Waals surface area contributed by atoms with Gasteiger partial charge in [0.25, 0.3) is 0 Å². The zero-order chi connectivity index (χ0) is 19.1. The summed E-state index contributed by atoms with van der Waals surface area (Å²) in [6, 6.07) is 3.69. The van der Waals surface area contributed by atoms with E-state index in [4.69, 9.17) is 13.6 Å². The third-order valence-electron chi connectivity index (χ3n) is 4.42. The molecule has 0 spiro atoms. The average molecular weight is 373 g/mol. The average Bonchev–Trinajstić information content (AvgIpc) is 3.29. The molecule has 1 atom stereocenters. The summed E-state index contributed by atoms with van der Waals surface area (Å²) in [6.07, 6.45) is 9.13. The molecule has 0 saturated carbocycles. The van der Waals surface area contributed by atoms with Gasteiger partial charge in [-0.25, -0.2) is 4.79 Å². The number of carbonyl (C=O) groups is 2. The van der Waals surface area contributed by atoms with E-state index in [-0.39, 0.29) is 5.97 Å². The highest BCUT2D eigenvalue weighted by atomic mass is 16.6. The summed E-state index contributed by atoms with van der Waals surface area (Å²) in [5.41, 5.74) is 1.81. The molecule has 2 aromatic rings. The minimum absolute atomic E-state index is 0.214. The molecule has 1 N–H and O–H groups in total. The number of hydrogen-bond donors (Lipinski definition) is 1. The predicted molar refractivity (Wildman–Crippen MR) is 97.8 cm³/mol. The number of rotatable bonds is 7. The molecule has 0 saturated heterocycles. The van der Waals surface area contributed by atoms with Crippen LogP contribution in [0, 0.1) is 0 Å². The van der Waals surface area contributed by atoms with Crippen molar-refractivity contribution in [3.63, 3.8) is 0 Å². The molecule has 0 aliphatic heterocycles. The fraction of sp³-hybridized carbons (Fsp3) is 0.400. The Kier molecular flexibility index (Phi) is 6.35. The molecule has 7 nitrogen and oxygen atoms in total. The van der Waals surface area contributed by atoms with E-state index in [1.807, 2.05) is 24.3 Å². The number of unbranched alkanes of at least 4 members (excludes halogenated alkanes) is 2. The summed E-state index contributed by atoms with van der Waals surface area (Å²) in [5, 5.41) is 2.75. The van der Waals surface area contributed by atoms with E-state index >= 15 is 0 Å². The Bertz CT molecular complexity index is 803. The zero-order valence-corrected chi connectivity index (χ0v) is 15.2. The van der Waals surface area contributed by atoms with Gasteiger partial charge >= 0.3 is 12.1 Å². The van der Waals surface area contributed by atoms with Crippen LogP contribution in [0.5, 0.6) is 0 Å². The lowest BCUT2D eigenvalue weighted by Gasteiger charge is -2.18. The topological polar surface area (TPSA) is 90.9 Å². The molecule has 1 amide bonds. The molecular weight excluding hydrogens is 350 g/mol. The van der Waals surface area contributed by atoms with Crippen molar-refractivity contribution in [2.45, 2.75) is 38.2 Å². The van der Waals surface area contributed by atoms with E-state index < -0.39 is 12.2 Å². The van der Waals surface area contributed by atoms with Crippen molar-refractivity contribution in [1.82, 2.24) is 5.32 Å². The number of amides is 1. The number of esters is 1. The number of fused-ring (bicyclic) bond motifs is 2. The highest BCUT2D eigenvalue weighted by Crippen LogP contribution is 2.32. The number of methoxy groups -OCH3 is 1. The van der Waals surface area contributed by atoms with Gasteiger partial charge in [0.15, 0.2) is 11.9 Å². The van der Waals surface area contributed by atoms with Gasteiger partial charge in [-0.2, -0.15) is 0 Å². The molecule has 7 heteroatoms. The Balaban J connectivity index is 1.50. The Morgan fingerprint density at radius 2 is 2.00 bits per heavy atom. The van der Waals surface area contributed by atoms with Crippen molar-refractivity contribution in [1.29, 1.82) is 0 Å². The Morgan fingerprint density at radius 3 is 2.85 bits per heavy atom. The molecule has 144 valence electrons. The van der Waals surface area contributed by atoms with Gasteiger partial charge in [-0.15, -0.1) is 0 Å². The molecule has 27 heavy (non-hydrogen) atoms. The van der Waals surface area contributed by atoms with E-state index in [9.17, 15) is 9.59 Å². The third kappa shape index (κ3) is 5.03. The van der Waals surface area contributed by atoms with Crippen LogP contribution in [0.1, 0.15) is 54.4 Å². The van der Waals surface area contributed by atoms with Gasteiger partial charge in [0.1, 0.15) is 5.76 Å². The first-order valence-electron chi connectivity index (χ1n) is 9.00. The fourth-order valence-electron chi connectivity index (χ4n) is 2.98. The number of furan rings is 2. The second-order valence-corrected chi connectivity index (χ2v) is 6.30. The van der Waals surface area contributed by atoms with Crippen LogP contribution in [0.4, 0.5) is 4.79 Å². The van der Waals surface area contributed by atoms with Crippen LogP contribution in [-0.4, -0.2) is 25.7 Å². The molecule has 0 aromatic carbocycles. The fourth-order valence-corrected chi connectivity index (χ4v) is 2.98. The SMILES string of the molecule is COC(=O)CCCCCNC(=O)OC1Cc2ccoc2/C=C\c2ccoc21. The lowest BCUT2D eigenvalue weighted by atomic mass is 10.0. The van der Waals surface area contributed by atoms with Gasteiger partial charge in [0.05, 0.1) is 19.6 Å². The summed E-state index contributed by atoms with van der Waals surface area (Å²) < 4.78 is 21.2. The van der Waals surface area contributed by atoms with Crippen LogP contribution in [-0.2, 0) is 20.7 Å². The van der Waals surface area contributed by atoms with E-state index in [1.54, 1.807) is 12.5 Å². The van der Waals surface area contributed by atoms with Crippen molar-refractivity contribution in [2.75, 3.05) is 13.7 Å². The lowest BCUT2D eigenvalue weighted by Crippen LogP contribution is -2.27. The lowest BCUT2D eigenvalue weighted by molar-refractivity contribution is -0.140. The van der Waals surface area contributed by atoms with Crippen LogP contribution in [0.3, 0.4) is 0 Å². The zero-order valence-electron chi connectivity index (χ0n) is 15.2. The molecule has 2 heterocycles. The summed E-state index contributed by atoms with van der Waals surface area (Å²) in [5.74, 6) is 1.15. The maximum absolute atomic E-state index is 12.2. The summed E-state index contributed by atoms with van der Waals surface area (Å²) >= 11 is 0. The van der Waals surface area contributed by atoms with Crippen LogP contribution in [0.25, 0.3) is 12.2 Å². The van der Waals surface area contributed by atoms with Gasteiger partial charge in [-0.3, -0.25) is 4.79 Å². The summed E-state index contributed by atoms with van der Waals surface area (Å²) in [4.78, 5) is 23.2. The van der Waals surface area contributed by atoms with E-state index in [0.29, 0.717) is 25.1 Å². The smallest absolute Gasteiger partial charge is 0.407 e. The first-order valence-corrected chi connectivity index (χ1v) is 9.00. The Hall–Kier alpha value is -2.96. The minimum Gasteiger partial charge on any atom is -0.469 e. The van der Waals surface area contributed by atoms with Crippen molar-refractivity contribution in [3.05, 3.63) is 47.3 Å². The molecule has 0 radical (unpaired) electrons. The minimum atomic E-state index is -0.532. The molecule has 1 unspecified atom stereocenters. The third-order valence-corrected chi connectivity index (χ3v) is 4.42. The Labute approximate surface area is 157 Å². The number of carbonyl (C=O) groups excluding carboxylic acids is 2. The van der Waals surface area contributed by atoms with Crippen LogP contribution in [0.15, 0.2) is 33.5 Å². The molecule has 1 aliphatic rings. The maximum atomic E-state index is 12.2. The van der Waals surface area contributed by atoms with Gasteiger partial charge in [-0.1, -0.05) is 6.42 Å². The van der Waals surface area contributed by atoms with Gasteiger partial charge in [0, 0.05) is 30.5 Å². The summed E-state index contributed by atoms with van der Waals surface area (Å²) in [6.45, 7) is 0.481. The summed E-state index contributed by atoms with van der Waals surface area (Å²) in [7, 11) is 1.38. The predicted octanol–water partition coefficient (Wildman–Crippen LogP) is 4.10. The molecule has 1 aliphatic carbocycles. The molecular formula is C20H23NO6. The molecule has 0 bridgehead atoms. The first kappa shape index (κ1) is 18.8. The second kappa shape index (κ2) is 9.12. The van der Waals surface area contributed by atoms with E-state index in [2.05, 4.69) is 10.1 Å².